The average Bonchev–Trinajstić information content (AvgIpc) is 2.43. The van der Waals surface area contributed by atoms with Crippen LogP contribution in [0.25, 0.3) is 0 Å². The Balaban J connectivity index is 0.000000211. The Hall–Kier alpha value is -0.820. The molecule has 0 atom stereocenters. The van der Waals surface area contributed by atoms with Crippen molar-refractivity contribution in [2.45, 2.75) is 26.1 Å². The van der Waals surface area contributed by atoms with E-state index in [9.17, 15) is 0 Å². The van der Waals surface area contributed by atoms with Gasteiger partial charge in [-0.25, -0.2) is 0 Å². The summed E-state index contributed by atoms with van der Waals surface area (Å²) in [5, 5.41) is 8.45. The van der Waals surface area contributed by atoms with Crippen molar-refractivity contribution in [3.8, 4) is 6.07 Å². The number of alkyl halides is 1. The fourth-order valence-corrected chi connectivity index (χ4v) is 3.00. The standard InChI is InChI=1S/C9H8BrN.C8H8BrCl/c1-7-6-9(10)3-2-8(7)4-5-11;1-6-4-8(9)3-2-7(6)5-10/h2-3,6H,4H2,1H3;2-4H,5H2,1H3. The molecule has 0 fully saturated rings. The third kappa shape index (κ3) is 6.22. The van der Waals surface area contributed by atoms with E-state index in [1.54, 1.807) is 0 Å². The van der Waals surface area contributed by atoms with Crippen molar-refractivity contribution < 1.29 is 0 Å². The van der Waals surface area contributed by atoms with E-state index in [1.807, 2.05) is 37.3 Å². The van der Waals surface area contributed by atoms with Gasteiger partial charge in [0.2, 0.25) is 0 Å². The van der Waals surface area contributed by atoms with Crippen LogP contribution in [-0.2, 0) is 12.3 Å². The predicted molar refractivity (Wildman–Crippen MR) is 96.6 cm³/mol. The van der Waals surface area contributed by atoms with Gasteiger partial charge < -0.3 is 0 Å². The molecule has 0 aliphatic heterocycles. The Morgan fingerprint density at radius 3 is 1.81 bits per heavy atom. The van der Waals surface area contributed by atoms with Gasteiger partial charge in [0, 0.05) is 14.8 Å². The largest absolute Gasteiger partial charge is 0.198 e. The summed E-state index contributed by atoms with van der Waals surface area (Å²) in [6, 6.07) is 14.2. The smallest absolute Gasteiger partial charge is 0.0669 e. The first-order valence-electron chi connectivity index (χ1n) is 6.41. The van der Waals surface area contributed by atoms with Crippen LogP contribution < -0.4 is 0 Å². The van der Waals surface area contributed by atoms with E-state index >= 15 is 0 Å². The summed E-state index contributed by atoms with van der Waals surface area (Å²) in [6.07, 6.45) is 0.499. The van der Waals surface area contributed by atoms with E-state index in [4.69, 9.17) is 16.9 Å². The highest BCUT2D eigenvalue weighted by molar-refractivity contribution is 9.10. The number of halogens is 3. The number of rotatable bonds is 2. The van der Waals surface area contributed by atoms with Gasteiger partial charge in [-0.2, -0.15) is 5.26 Å². The first-order chi connectivity index (χ1) is 9.97. The third-order valence-corrected chi connectivity index (χ3v) is 4.30. The van der Waals surface area contributed by atoms with E-state index < -0.39 is 0 Å². The lowest BCUT2D eigenvalue weighted by Gasteiger charge is -2.00. The highest BCUT2D eigenvalue weighted by Gasteiger charge is 1.97. The van der Waals surface area contributed by atoms with Gasteiger partial charge >= 0.3 is 0 Å². The van der Waals surface area contributed by atoms with E-state index in [1.165, 1.54) is 16.7 Å². The summed E-state index contributed by atoms with van der Waals surface area (Å²) in [7, 11) is 0. The Morgan fingerprint density at radius 1 is 0.952 bits per heavy atom. The molecule has 2 aromatic carbocycles. The average molecular weight is 430 g/mol. The van der Waals surface area contributed by atoms with Crippen molar-refractivity contribution in [2.24, 2.45) is 0 Å². The van der Waals surface area contributed by atoms with Crippen molar-refractivity contribution in [3.63, 3.8) is 0 Å². The predicted octanol–water partition coefficient (Wildman–Crippen LogP) is 6.32. The van der Waals surface area contributed by atoms with Crippen molar-refractivity contribution in [2.75, 3.05) is 0 Å². The second-order valence-electron chi connectivity index (χ2n) is 4.61. The summed E-state index contributed by atoms with van der Waals surface area (Å²) in [6.45, 7) is 4.07. The molecule has 0 aliphatic carbocycles. The minimum Gasteiger partial charge on any atom is -0.198 e. The molecule has 4 heteroatoms. The van der Waals surface area contributed by atoms with Crippen LogP contribution in [0.15, 0.2) is 45.3 Å². The third-order valence-electron chi connectivity index (χ3n) is 3.02. The summed E-state index contributed by atoms with van der Waals surface area (Å²) in [4.78, 5) is 0. The van der Waals surface area contributed by atoms with Crippen molar-refractivity contribution in [1.29, 1.82) is 5.26 Å². The lowest BCUT2D eigenvalue weighted by atomic mass is 10.1. The summed E-state index contributed by atoms with van der Waals surface area (Å²) >= 11 is 12.4. The van der Waals surface area contributed by atoms with Crippen LogP contribution in [0, 0.1) is 25.2 Å². The molecule has 2 aromatic rings. The molecule has 2 rings (SSSR count). The molecule has 0 heterocycles. The zero-order valence-corrected chi connectivity index (χ0v) is 15.9. The van der Waals surface area contributed by atoms with E-state index in [-0.39, 0.29) is 0 Å². The lowest BCUT2D eigenvalue weighted by Crippen LogP contribution is -1.85. The molecule has 0 N–H and O–H groups in total. The van der Waals surface area contributed by atoms with E-state index in [0.29, 0.717) is 12.3 Å². The molecule has 0 unspecified atom stereocenters. The van der Waals surface area contributed by atoms with Crippen molar-refractivity contribution in [1.82, 2.24) is 0 Å². The minimum absolute atomic E-state index is 0.499. The molecule has 0 saturated carbocycles. The van der Waals surface area contributed by atoms with Crippen LogP contribution in [0.2, 0.25) is 0 Å². The van der Waals surface area contributed by atoms with Gasteiger partial charge in [0.1, 0.15) is 0 Å². The first-order valence-corrected chi connectivity index (χ1v) is 8.53. The highest BCUT2D eigenvalue weighted by atomic mass is 79.9. The maximum atomic E-state index is 8.45. The fourth-order valence-electron chi connectivity index (χ4n) is 1.75. The van der Waals surface area contributed by atoms with Gasteiger partial charge in [0.05, 0.1) is 12.5 Å². The monoisotopic (exact) mass is 427 g/mol. The second kappa shape index (κ2) is 9.25. The van der Waals surface area contributed by atoms with E-state index in [2.05, 4.69) is 50.9 Å². The van der Waals surface area contributed by atoms with Crippen LogP contribution in [0.1, 0.15) is 22.3 Å². The summed E-state index contributed by atoms with van der Waals surface area (Å²) < 4.78 is 2.18. The molecule has 0 aromatic heterocycles. The van der Waals surface area contributed by atoms with Gasteiger partial charge in [0.25, 0.3) is 0 Å². The van der Waals surface area contributed by atoms with Gasteiger partial charge in [-0.05, 0) is 60.4 Å². The molecule has 110 valence electrons. The maximum absolute atomic E-state index is 8.45. The Labute approximate surface area is 148 Å². The van der Waals surface area contributed by atoms with Crippen LogP contribution >= 0.6 is 43.5 Å². The van der Waals surface area contributed by atoms with Crippen LogP contribution in [0.4, 0.5) is 0 Å². The van der Waals surface area contributed by atoms with Crippen LogP contribution in [0.5, 0.6) is 0 Å². The molecule has 0 saturated heterocycles. The van der Waals surface area contributed by atoms with Gasteiger partial charge in [-0.3, -0.25) is 0 Å². The number of nitrogens with zero attached hydrogens (tertiary/aromatic N) is 1. The van der Waals surface area contributed by atoms with Gasteiger partial charge in [0.15, 0.2) is 0 Å². The number of hydrogen-bond donors (Lipinski definition) is 0. The SMILES string of the molecule is Cc1cc(Br)ccc1CC#N.Cc1cc(Br)ccc1CCl. The van der Waals surface area contributed by atoms with E-state index in [0.717, 1.165) is 14.5 Å². The molecule has 0 bridgehead atoms. The lowest BCUT2D eigenvalue weighted by molar-refractivity contribution is 1.21. The Bertz CT molecular complexity index is 648. The number of hydrogen-bond acceptors (Lipinski definition) is 1. The normalized spacial score (nSPS) is 9.52. The molecule has 1 nitrogen and oxygen atoms in total. The van der Waals surface area contributed by atoms with Crippen molar-refractivity contribution >= 4 is 43.5 Å². The molecule has 0 aliphatic rings. The second-order valence-corrected chi connectivity index (χ2v) is 6.71. The molecule has 0 radical (unpaired) electrons. The zero-order chi connectivity index (χ0) is 15.8. The quantitative estimate of drug-likeness (QED) is 0.513. The minimum atomic E-state index is 0.499. The number of aryl methyl sites for hydroxylation is 2. The highest BCUT2D eigenvalue weighted by Crippen LogP contribution is 2.17. The topological polar surface area (TPSA) is 23.8 Å². The van der Waals surface area contributed by atoms with Crippen molar-refractivity contribution in [3.05, 3.63) is 67.6 Å². The first kappa shape index (κ1) is 18.2. The van der Waals surface area contributed by atoms with Gasteiger partial charge in [-0.15, -0.1) is 11.6 Å². The molecular weight excluding hydrogens is 413 g/mol. The summed E-state index contributed by atoms with van der Waals surface area (Å²) in [5.41, 5.74) is 4.71. The molecule has 0 spiro atoms. The molecule has 0 amide bonds. The molecule has 21 heavy (non-hydrogen) atoms. The Morgan fingerprint density at radius 2 is 1.43 bits per heavy atom. The van der Waals surface area contributed by atoms with Crippen LogP contribution in [-0.4, -0.2) is 0 Å². The Kier molecular flexibility index (Phi) is 8.03. The van der Waals surface area contributed by atoms with Crippen LogP contribution in [0.3, 0.4) is 0 Å². The zero-order valence-electron chi connectivity index (χ0n) is 12.0. The summed E-state index contributed by atoms with van der Waals surface area (Å²) in [5.74, 6) is 0.596. The number of nitriles is 1. The fraction of sp³-hybridized carbons (Fsp3) is 0.235. The molecular formula is C17H16Br2ClN. The number of benzene rings is 2. The van der Waals surface area contributed by atoms with Gasteiger partial charge in [-0.1, -0.05) is 44.0 Å². The maximum Gasteiger partial charge on any atom is 0.0669 e.